The number of ether oxygens (including phenoxy) is 2. The largest absolute Gasteiger partial charge is 0.493 e. The summed E-state index contributed by atoms with van der Waals surface area (Å²) in [4.78, 5) is 12.5. The third-order valence-electron chi connectivity index (χ3n) is 5.25. The number of hydrogen-bond donors (Lipinski definition) is 1. The Morgan fingerprint density at radius 3 is 2.56 bits per heavy atom. The molecular formula is C27H22BrClN2O3. The summed E-state index contributed by atoms with van der Waals surface area (Å²) in [5.74, 6) is 0.903. The Hall–Kier alpha value is -3.35. The lowest BCUT2D eigenvalue weighted by Crippen LogP contribution is -2.20. The number of hydrazone groups is 1. The molecule has 7 heteroatoms. The van der Waals surface area contributed by atoms with Gasteiger partial charge in [-0.25, -0.2) is 5.43 Å². The second kappa shape index (κ2) is 11.2. The van der Waals surface area contributed by atoms with E-state index in [1.165, 1.54) is 0 Å². The first kappa shape index (κ1) is 23.8. The van der Waals surface area contributed by atoms with Crippen LogP contribution >= 0.6 is 27.5 Å². The summed E-state index contributed by atoms with van der Waals surface area (Å²) in [5.41, 5.74) is 5.16. The number of amides is 1. The Kier molecular flexibility index (Phi) is 7.83. The van der Waals surface area contributed by atoms with Gasteiger partial charge in [0.25, 0.3) is 0 Å². The summed E-state index contributed by atoms with van der Waals surface area (Å²) in [6, 6.07) is 25.0. The SMILES string of the molecule is COc1cc(C=NNC(=O)Cc2cccc3ccccc23)c(Br)cc1OCc1ccccc1Cl. The minimum atomic E-state index is -0.199. The number of halogens is 2. The first-order chi connectivity index (χ1) is 16.5. The number of hydrogen-bond acceptors (Lipinski definition) is 4. The molecule has 4 aromatic carbocycles. The number of fused-ring (bicyclic) bond motifs is 1. The molecule has 172 valence electrons. The van der Waals surface area contributed by atoms with E-state index in [9.17, 15) is 4.79 Å². The summed E-state index contributed by atoms with van der Waals surface area (Å²) < 4.78 is 12.1. The van der Waals surface area contributed by atoms with Crippen molar-refractivity contribution in [2.24, 2.45) is 5.10 Å². The Bertz CT molecular complexity index is 1350. The molecule has 5 nitrogen and oxygen atoms in total. The van der Waals surface area contributed by atoms with Gasteiger partial charge >= 0.3 is 0 Å². The molecule has 0 radical (unpaired) electrons. The molecule has 0 heterocycles. The molecule has 0 aliphatic carbocycles. The molecule has 0 aromatic heterocycles. The topological polar surface area (TPSA) is 59.9 Å². The van der Waals surface area contributed by atoms with E-state index in [2.05, 4.69) is 26.5 Å². The molecule has 0 saturated carbocycles. The molecule has 0 spiro atoms. The van der Waals surface area contributed by atoms with Gasteiger partial charge in [-0.05, 0) is 50.5 Å². The van der Waals surface area contributed by atoms with Gasteiger partial charge in [0.05, 0.1) is 19.7 Å². The van der Waals surface area contributed by atoms with Crippen LogP contribution in [-0.4, -0.2) is 19.2 Å². The van der Waals surface area contributed by atoms with Gasteiger partial charge in [0.15, 0.2) is 11.5 Å². The van der Waals surface area contributed by atoms with Gasteiger partial charge in [-0.2, -0.15) is 5.10 Å². The fraction of sp³-hybridized carbons (Fsp3) is 0.111. The molecule has 1 N–H and O–H groups in total. The van der Waals surface area contributed by atoms with E-state index in [4.69, 9.17) is 21.1 Å². The van der Waals surface area contributed by atoms with Gasteiger partial charge in [-0.1, -0.05) is 72.3 Å². The average molecular weight is 538 g/mol. The zero-order valence-electron chi connectivity index (χ0n) is 18.4. The smallest absolute Gasteiger partial charge is 0.244 e. The standard InChI is InChI=1S/C27H22BrClN2O3/c1-33-25-13-21(23(28)15-26(25)34-17-20-8-3-5-12-24(20)29)16-30-31-27(32)14-19-10-6-9-18-7-2-4-11-22(18)19/h2-13,15-16H,14,17H2,1H3,(H,31,32). The molecule has 0 aliphatic rings. The molecule has 0 atom stereocenters. The highest BCUT2D eigenvalue weighted by atomic mass is 79.9. The molecule has 34 heavy (non-hydrogen) atoms. The van der Waals surface area contributed by atoms with E-state index >= 15 is 0 Å². The highest BCUT2D eigenvalue weighted by Crippen LogP contribution is 2.34. The molecule has 4 rings (SSSR count). The van der Waals surface area contributed by atoms with E-state index in [0.717, 1.165) is 31.9 Å². The summed E-state index contributed by atoms with van der Waals surface area (Å²) in [6.45, 7) is 0.306. The van der Waals surface area contributed by atoms with Crippen molar-refractivity contribution in [2.75, 3.05) is 7.11 Å². The van der Waals surface area contributed by atoms with Crippen molar-refractivity contribution in [2.45, 2.75) is 13.0 Å². The molecule has 0 saturated heterocycles. The molecule has 0 aliphatic heterocycles. The van der Waals surface area contributed by atoms with Crippen molar-refractivity contribution in [3.8, 4) is 11.5 Å². The Morgan fingerprint density at radius 2 is 1.74 bits per heavy atom. The van der Waals surface area contributed by atoms with Gasteiger partial charge in [0.2, 0.25) is 5.91 Å². The van der Waals surface area contributed by atoms with Crippen molar-refractivity contribution in [1.82, 2.24) is 5.43 Å². The number of rotatable bonds is 8. The number of nitrogens with one attached hydrogen (secondary N) is 1. The fourth-order valence-corrected chi connectivity index (χ4v) is 4.14. The Balaban J connectivity index is 1.42. The normalized spacial score (nSPS) is 11.0. The maximum atomic E-state index is 12.5. The number of nitrogens with zero attached hydrogens (tertiary/aromatic N) is 1. The van der Waals surface area contributed by atoms with Crippen LogP contribution in [0.4, 0.5) is 0 Å². The Morgan fingerprint density at radius 1 is 1.00 bits per heavy atom. The minimum Gasteiger partial charge on any atom is -0.493 e. The molecule has 4 aromatic rings. The van der Waals surface area contributed by atoms with Crippen LogP contribution in [0.3, 0.4) is 0 Å². The first-order valence-electron chi connectivity index (χ1n) is 10.6. The minimum absolute atomic E-state index is 0.199. The third kappa shape index (κ3) is 5.76. The lowest BCUT2D eigenvalue weighted by Gasteiger charge is -2.13. The van der Waals surface area contributed by atoms with E-state index < -0.39 is 0 Å². The van der Waals surface area contributed by atoms with Crippen LogP contribution in [0.2, 0.25) is 5.02 Å². The second-order valence-electron chi connectivity index (χ2n) is 7.51. The molecule has 1 amide bonds. The van der Waals surface area contributed by atoms with Gasteiger partial charge in [-0.3, -0.25) is 4.79 Å². The second-order valence-corrected chi connectivity index (χ2v) is 8.77. The van der Waals surface area contributed by atoms with Crippen LogP contribution in [0, 0.1) is 0 Å². The molecule has 0 fully saturated rings. The predicted molar refractivity (Wildman–Crippen MR) is 140 cm³/mol. The maximum Gasteiger partial charge on any atom is 0.244 e. The van der Waals surface area contributed by atoms with Gasteiger partial charge in [-0.15, -0.1) is 0 Å². The van der Waals surface area contributed by atoms with Crippen molar-refractivity contribution >= 4 is 50.4 Å². The van der Waals surface area contributed by atoms with Crippen LogP contribution < -0.4 is 14.9 Å². The van der Waals surface area contributed by atoms with Crippen molar-refractivity contribution < 1.29 is 14.3 Å². The third-order valence-corrected chi connectivity index (χ3v) is 6.30. The fourth-order valence-electron chi connectivity index (χ4n) is 3.53. The summed E-state index contributed by atoms with van der Waals surface area (Å²) in [6.07, 6.45) is 1.80. The zero-order valence-corrected chi connectivity index (χ0v) is 20.8. The van der Waals surface area contributed by atoms with Gasteiger partial charge in [0, 0.05) is 20.6 Å². The van der Waals surface area contributed by atoms with E-state index in [1.54, 1.807) is 25.5 Å². The summed E-state index contributed by atoms with van der Waals surface area (Å²) in [7, 11) is 1.57. The quantitative estimate of drug-likeness (QED) is 0.205. The van der Waals surface area contributed by atoms with Gasteiger partial charge < -0.3 is 9.47 Å². The highest BCUT2D eigenvalue weighted by molar-refractivity contribution is 9.10. The van der Waals surface area contributed by atoms with Crippen molar-refractivity contribution in [1.29, 1.82) is 0 Å². The van der Waals surface area contributed by atoms with Crippen molar-refractivity contribution in [3.05, 3.63) is 105 Å². The lowest BCUT2D eigenvalue weighted by atomic mass is 10.0. The van der Waals surface area contributed by atoms with E-state index in [0.29, 0.717) is 23.1 Å². The van der Waals surface area contributed by atoms with Crippen LogP contribution in [0.5, 0.6) is 11.5 Å². The number of benzene rings is 4. The predicted octanol–water partition coefficient (Wildman–Crippen LogP) is 6.54. The van der Waals surface area contributed by atoms with Crippen LogP contribution in [0.1, 0.15) is 16.7 Å². The maximum absolute atomic E-state index is 12.5. The zero-order chi connectivity index (χ0) is 23.9. The van der Waals surface area contributed by atoms with E-state index in [1.807, 2.05) is 66.7 Å². The van der Waals surface area contributed by atoms with Crippen LogP contribution in [0.25, 0.3) is 10.8 Å². The summed E-state index contributed by atoms with van der Waals surface area (Å²) >= 11 is 9.74. The Labute approximate surface area is 211 Å². The lowest BCUT2D eigenvalue weighted by molar-refractivity contribution is -0.120. The highest BCUT2D eigenvalue weighted by Gasteiger charge is 2.11. The van der Waals surface area contributed by atoms with Crippen LogP contribution in [0.15, 0.2) is 88.4 Å². The van der Waals surface area contributed by atoms with Gasteiger partial charge in [0.1, 0.15) is 6.61 Å². The number of carbonyl (C=O) groups excluding carboxylic acids is 1. The van der Waals surface area contributed by atoms with Crippen LogP contribution in [-0.2, 0) is 17.8 Å². The molecular weight excluding hydrogens is 516 g/mol. The number of methoxy groups -OCH3 is 1. The van der Waals surface area contributed by atoms with Crippen molar-refractivity contribution in [3.63, 3.8) is 0 Å². The van der Waals surface area contributed by atoms with E-state index in [-0.39, 0.29) is 12.3 Å². The average Bonchev–Trinajstić information content (AvgIpc) is 2.85. The molecule has 0 unspecified atom stereocenters. The monoisotopic (exact) mass is 536 g/mol. The summed E-state index contributed by atoms with van der Waals surface area (Å²) in [5, 5.41) is 6.92. The first-order valence-corrected chi connectivity index (χ1v) is 11.7. The molecule has 0 bridgehead atoms. The number of carbonyl (C=O) groups is 1.